The summed E-state index contributed by atoms with van der Waals surface area (Å²) in [6.45, 7) is 8.17. The number of furan rings is 1. The molecule has 0 saturated carbocycles. The van der Waals surface area contributed by atoms with Crippen LogP contribution in [0.15, 0.2) is 47.0 Å². The maximum atomic E-state index is 7.95. The molecule has 0 aliphatic rings. The zero-order valence-electron chi connectivity index (χ0n) is 20.3. The van der Waals surface area contributed by atoms with Gasteiger partial charge >= 0.3 is 0 Å². The molecule has 5 aromatic rings. The minimum Gasteiger partial charge on any atom is -0.455 e. The van der Waals surface area contributed by atoms with Crippen LogP contribution in [-0.4, -0.2) is 4.98 Å². The lowest BCUT2D eigenvalue weighted by molar-refractivity contribution is 0.585. The van der Waals surface area contributed by atoms with Gasteiger partial charge < -0.3 is 4.42 Å². The Bertz CT molecular complexity index is 1520. The molecule has 2 nitrogen and oxygen atoms in total. The average Bonchev–Trinajstić information content (AvgIpc) is 3.23. The van der Waals surface area contributed by atoms with E-state index in [-0.39, 0.29) is 5.41 Å². The highest BCUT2D eigenvalue weighted by molar-refractivity contribution is 7.19. The number of aromatic nitrogens is 1. The average molecular weight is 403 g/mol. The van der Waals surface area contributed by atoms with E-state index in [2.05, 4.69) is 37.0 Å². The van der Waals surface area contributed by atoms with Crippen molar-refractivity contribution in [3.05, 3.63) is 64.2 Å². The zero-order valence-corrected chi connectivity index (χ0v) is 18.1. The van der Waals surface area contributed by atoms with Crippen molar-refractivity contribution in [1.29, 1.82) is 0 Å². The van der Waals surface area contributed by atoms with Crippen LogP contribution in [0.4, 0.5) is 0 Å². The molecule has 0 bridgehead atoms. The fourth-order valence-corrected chi connectivity index (χ4v) is 5.20. The highest BCUT2D eigenvalue weighted by Crippen LogP contribution is 2.42. The van der Waals surface area contributed by atoms with E-state index in [1.165, 1.54) is 26.7 Å². The molecule has 0 radical (unpaired) electrons. The first-order chi connectivity index (χ1) is 15.0. The topological polar surface area (TPSA) is 26.0 Å². The number of hydrogen-bond acceptors (Lipinski definition) is 3. The third-order valence-corrected chi connectivity index (χ3v) is 6.96. The number of benzene rings is 2. The molecular weight excluding hydrogens is 374 g/mol. The fourth-order valence-electron chi connectivity index (χ4n) is 4.13. The SMILES string of the molecule is [2H]C([2H])([2H])c1cnc(-c2cccc3c2oc2c3ccc3sc(C)c(C)c32)cc1C(C)(C)C. The maximum Gasteiger partial charge on any atom is 0.144 e. The summed E-state index contributed by atoms with van der Waals surface area (Å²) >= 11 is 1.79. The van der Waals surface area contributed by atoms with Crippen molar-refractivity contribution in [1.82, 2.24) is 4.98 Å². The molecule has 3 heterocycles. The van der Waals surface area contributed by atoms with Crippen LogP contribution in [0.5, 0.6) is 0 Å². The van der Waals surface area contributed by atoms with Gasteiger partial charge in [-0.3, -0.25) is 4.98 Å². The van der Waals surface area contributed by atoms with Gasteiger partial charge in [-0.1, -0.05) is 32.9 Å². The van der Waals surface area contributed by atoms with Crippen LogP contribution in [-0.2, 0) is 5.41 Å². The molecule has 0 amide bonds. The highest BCUT2D eigenvalue weighted by Gasteiger charge is 2.20. The van der Waals surface area contributed by atoms with Gasteiger partial charge in [0.05, 0.1) is 5.69 Å². The van der Waals surface area contributed by atoms with Gasteiger partial charge in [-0.05, 0) is 67.1 Å². The Morgan fingerprint density at radius 1 is 1.03 bits per heavy atom. The first-order valence-corrected chi connectivity index (χ1v) is 10.6. The number of para-hydroxylation sites is 1. The molecule has 0 saturated heterocycles. The molecule has 3 aromatic heterocycles. The molecule has 3 heteroatoms. The Morgan fingerprint density at radius 3 is 2.59 bits per heavy atom. The Balaban J connectivity index is 1.82. The Morgan fingerprint density at radius 2 is 1.83 bits per heavy atom. The summed E-state index contributed by atoms with van der Waals surface area (Å²) in [5, 5.41) is 3.31. The summed E-state index contributed by atoms with van der Waals surface area (Å²) in [6.07, 6.45) is 1.51. The van der Waals surface area contributed by atoms with E-state index in [1.807, 2.05) is 39.0 Å². The van der Waals surface area contributed by atoms with E-state index in [1.54, 1.807) is 11.3 Å². The van der Waals surface area contributed by atoms with E-state index in [0.29, 0.717) is 5.56 Å². The molecule has 0 fully saturated rings. The summed E-state index contributed by atoms with van der Waals surface area (Å²) < 4.78 is 31.6. The molecule has 0 atom stereocenters. The first-order valence-electron chi connectivity index (χ1n) is 11.3. The van der Waals surface area contributed by atoms with E-state index < -0.39 is 6.85 Å². The molecule has 2 aromatic carbocycles. The van der Waals surface area contributed by atoms with Crippen molar-refractivity contribution >= 4 is 43.4 Å². The van der Waals surface area contributed by atoms with Gasteiger partial charge in [0.25, 0.3) is 0 Å². The number of fused-ring (bicyclic) bond motifs is 5. The third kappa shape index (κ3) is 2.71. The van der Waals surface area contributed by atoms with Crippen LogP contribution in [0.3, 0.4) is 0 Å². The number of nitrogens with zero attached hydrogens (tertiary/aromatic N) is 1. The van der Waals surface area contributed by atoms with Gasteiger partial charge in [-0.15, -0.1) is 11.3 Å². The quantitative estimate of drug-likeness (QED) is 0.283. The van der Waals surface area contributed by atoms with E-state index in [4.69, 9.17) is 8.53 Å². The molecular formula is C26H25NOS. The predicted molar refractivity (Wildman–Crippen MR) is 125 cm³/mol. The van der Waals surface area contributed by atoms with Gasteiger partial charge in [-0.25, -0.2) is 0 Å². The number of pyridine rings is 1. The minimum atomic E-state index is -2.21. The molecule has 0 unspecified atom stereocenters. The monoisotopic (exact) mass is 402 g/mol. The maximum absolute atomic E-state index is 7.95. The molecule has 0 aliphatic heterocycles. The minimum absolute atomic E-state index is 0.302. The summed E-state index contributed by atoms with van der Waals surface area (Å²) in [7, 11) is 0. The zero-order chi connectivity index (χ0) is 23.0. The van der Waals surface area contributed by atoms with Gasteiger partial charge in [0.2, 0.25) is 0 Å². The van der Waals surface area contributed by atoms with Crippen molar-refractivity contribution in [2.75, 3.05) is 0 Å². The van der Waals surface area contributed by atoms with Gasteiger partial charge in [-0.2, -0.15) is 0 Å². The molecule has 0 aliphatic carbocycles. The van der Waals surface area contributed by atoms with Crippen molar-refractivity contribution < 1.29 is 8.53 Å². The van der Waals surface area contributed by atoms with Crippen LogP contribution < -0.4 is 0 Å². The van der Waals surface area contributed by atoms with Gasteiger partial charge in [0.1, 0.15) is 11.2 Å². The normalized spacial score (nSPS) is 14.4. The standard InChI is InChI=1S/C26H25NOS/c1-14-13-27-21(12-20(14)26(4,5)6)19-9-7-8-17-18-10-11-22-23(15(2)16(3)29-22)25(18)28-24(17)19/h7-13H,1-6H3/i1D3. The Kier molecular flexibility index (Phi) is 3.24. The van der Waals surface area contributed by atoms with Crippen LogP contribution in [0.25, 0.3) is 43.3 Å². The van der Waals surface area contributed by atoms with Crippen LogP contribution in [0.2, 0.25) is 0 Å². The number of hydrogen-bond donors (Lipinski definition) is 0. The third-order valence-electron chi connectivity index (χ3n) is 5.78. The van der Waals surface area contributed by atoms with Crippen LogP contribution >= 0.6 is 11.3 Å². The van der Waals surface area contributed by atoms with E-state index in [9.17, 15) is 0 Å². The number of rotatable bonds is 1. The lowest BCUT2D eigenvalue weighted by Crippen LogP contribution is -2.13. The highest BCUT2D eigenvalue weighted by atomic mass is 32.1. The summed E-state index contributed by atoms with van der Waals surface area (Å²) in [5.74, 6) is 0. The molecule has 146 valence electrons. The second-order valence-electron chi connectivity index (χ2n) is 8.75. The molecule has 0 N–H and O–H groups in total. The van der Waals surface area contributed by atoms with Crippen LogP contribution in [0, 0.1) is 20.7 Å². The Hall–Kier alpha value is -2.65. The van der Waals surface area contributed by atoms with Crippen LogP contribution in [0.1, 0.15) is 46.5 Å². The van der Waals surface area contributed by atoms with Crippen molar-refractivity contribution in [3.8, 4) is 11.3 Å². The molecule has 29 heavy (non-hydrogen) atoms. The van der Waals surface area contributed by atoms with E-state index >= 15 is 0 Å². The Labute approximate surface area is 179 Å². The largest absolute Gasteiger partial charge is 0.455 e. The van der Waals surface area contributed by atoms with E-state index in [0.717, 1.165) is 38.8 Å². The lowest BCUT2D eigenvalue weighted by Gasteiger charge is -2.22. The van der Waals surface area contributed by atoms with Crippen molar-refractivity contribution in [2.45, 2.75) is 46.9 Å². The summed E-state index contributed by atoms with van der Waals surface area (Å²) in [5.41, 5.74) is 5.29. The predicted octanol–water partition coefficient (Wildman–Crippen LogP) is 8.09. The second-order valence-corrected chi connectivity index (χ2v) is 10.0. The molecule has 5 rings (SSSR count). The van der Waals surface area contributed by atoms with Crippen molar-refractivity contribution in [2.24, 2.45) is 0 Å². The first kappa shape index (κ1) is 15.2. The number of aryl methyl sites for hydroxylation is 3. The smallest absolute Gasteiger partial charge is 0.144 e. The number of thiophene rings is 1. The summed E-state index contributed by atoms with van der Waals surface area (Å²) in [6, 6.07) is 12.3. The lowest BCUT2D eigenvalue weighted by atomic mass is 9.84. The van der Waals surface area contributed by atoms with Gasteiger partial charge in [0.15, 0.2) is 0 Å². The second kappa shape index (κ2) is 6.17. The summed E-state index contributed by atoms with van der Waals surface area (Å²) in [4.78, 5) is 5.87. The van der Waals surface area contributed by atoms with Gasteiger partial charge in [0, 0.05) is 41.6 Å². The van der Waals surface area contributed by atoms with Crippen molar-refractivity contribution in [3.63, 3.8) is 0 Å². The molecule has 0 spiro atoms. The fraction of sp³-hybridized carbons (Fsp3) is 0.269.